The van der Waals surface area contributed by atoms with Crippen molar-refractivity contribution in [3.05, 3.63) is 12.2 Å². The summed E-state index contributed by atoms with van der Waals surface area (Å²) in [4.78, 5) is 0. The molecule has 70 valence electrons. The molecule has 1 nitrogen and oxygen atoms in total. The number of halogens is 3. The zero-order valence-electron chi connectivity index (χ0n) is 6.78. The highest BCUT2D eigenvalue weighted by Crippen LogP contribution is 2.50. The van der Waals surface area contributed by atoms with E-state index in [4.69, 9.17) is 5.11 Å². The molecule has 0 aliphatic heterocycles. The molecule has 1 fully saturated rings. The lowest BCUT2D eigenvalue weighted by atomic mass is 9.64. The molecule has 1 aliphatic rings. The minimum absolute atomic E-state index is 0.272. The molecule has 1 atom stereocenters. The highest BCUT2D eigenvalue weighted by Gasteiger charge is 2.53. The predicted molar refractivity (Wildman–Crippen MR) is 38.5 cm³/mol. The summed E-state index contributed by atoms with van der Waals surface area (Å²) in [5.41, 5.74) is -0.254. The molecule has 1 aliphatic carbocycles. The SMILES string of the molecule is C=C1CC(C)(C(O)C(F)(F)F)C1. The molecule has 0 radical (unpaired) electrons. The van der Waals surface area contributed by atoms with Gasteiger partial charge in [-0.05, 0) is 12.8 Å². The van der Waals surface area contributed by atoms with Gasteiger partial charge < -0.3 is 5.11 Å². The van der Waals surface area contributed by atoms with Crippen molar-refractivity contribution in [1.82, 2.24) is 0 Å². The average molecular weight is 180 g/mol. The Labute approximate surface area is 68.9 Å². The molecule has 0 amide bonds. The van der Waals surface area contributed by atoms with Crippen molar-refractivity contribution in [2.45, 2.75) is 32.0 Å². The maximum absolute atomic E-state index is 12.0. The first kappa shape index (κ1) is 9.58. The molecule has 1 saturated carbocycles. The van der Waals surface area contributed by atoms with Crippen LogP contribution in [0.2, 0.25) is 0 Å². The number of aliphatic hydroxyl groups is 1. The Kier molecular flexibility index (Phi) is 1.98. The van der Waals surface area contributed by atoms with Crippen molar-refractivity contribution in [1.29, 1.82) is 0 Å². The van der Waals surface area contributed by atoms with Crippen molar-refractivity contribution in [3.8, 4) is 0 Å². The highest BCUT2D eigenvalue weighted by atomic mass is 19.4. The Morgan fingerprint density at radius 3 is 2.17 bits per heavy atom. The van der Waals surface area contributed by atoms with Gasteiger partial charge in [-0.15, -0.1) is 0 Å². The molecule has 0 aromatic rings. The Hall–Kier alpha value is -0.510. The third kappa shape index (κ3) is 1.48. The minimum atomic E-state index is -4.50. The lowest BCUT2D eigenvalue weighted by Crippen LogP contribution is -2.48. The molecular formula is C8H11F3O. The van der Waals surface area contributed by atoms with Gasteiger partial charge in [0.15, 0.2) is 6.10 Å². The van der Waals surface area contributed by atoms with Crippen LogP contribution >= 0.6 is 0 Å². The van der Waals surface area contributed by atoms with Crippen LogP contribution in [0.15, 0.2) is 12.2 Å². The Morgan fingerprint density at radius 1 is 1.50 bits per heavy atom. The standard InChI is InChI=1S/C8H11F3O/c1-5-3-7(2,4-5)6(12)8(9,10)11/h6,12H,1,3-4H2,2H3. The summed E-state index contributed by atoms with van der Waals surface area (Å²) >= 11 is 0. The van der Waals surface area contributed by atoms with E-state index in [1.807, 2.05) is 0 Å². The Bertz CT molecular complexity index is 199. The van der Waals surface area contributed by atoms with Crippen molar-refractivity contribution >= 4 is 0 Å². The number of aliphatic hydroxyl groups excluding tert-OH is 1. The summed E-state index contributed by atoms with van der Waals surface area (Å²) in [6.07, 6.45) is -6.17. The molecule has 0 bridgehead atoms. The molecule has 0 heterocycles. The molecular weight excluding hydrogens is 169 g/mol. The van der Waals surface area contributed by atoms with Crippen LogP contribution in [0.5, 0.6) is 0 Å². The fourth-order valence-corrected chi connectivity index (χ4v) is 1.68. The topological polar surface area (TPSA) is 20.2 Å². The van der Waals surface area contributed by atoms with Crippen molar-refractivity contribution in [2.24, 2.45) is 5.41 Å². The van der Waals surface area contributed by atoms with E-state index in [0.29, 0.717) is 0 Å². The lowest BCUT2D eigenvalue weighted by molar-refractivity contribution is -0.242. The first-order valence-corrected chi connectivity index (χ1v) is 3.67. The largest absolute Gasteiger partial charge is 0.414 e. The summed E-state index contributed by atoms with van der Waals surface area (Å²) in [5.74, 6) is 0. The van der Waals surface area contributed by atoms with Gasteiger partial charge in [-0.1, -0.05) is 19.1 Å². The van der Waals surface area contributed by atoms with E-state index in [-0.39, 0.29) is 12.8 Å². The van der Waals surface area contributed by atoms with Crippen molar-refractivity contribution < 1.29 is 18.3 Å². The van der Waals surface area contributed by atoms with Gasteiger partial charge in [-0.25, -0.2) is 0 Å². The second kappa shape index (κ2) is 2.49. The summed E-state index contributed by atoms with van der Waals surface area (Å²) < 4.78 is 36.0. The van der Waals surface area contributed by atoms with E-state index in [0.717, 1.165) is 5.57 Å². The number of alkyl halides is 3. The van der Waals surface area contributed by atoms with Crippen LogP contribution in [0.1, 0.15) is 19.8 Å². The zero-order chi connectivity index (χ0) is 9.57. The van der Waals surface area contributed by atoms with Crippen LogP contribution in [0.4, 0.5) is 13.2 Å². The highest BCUT2D eigenvalue weighted by molar-refractivity contribution is 5.16. The second-order valence-electron chi connectivity index (χ2n) is 3.70. The molecule has 1 N–H and O–H groups in total. The van der Waals surface area contributed by atoms with Crippen LogP contribution in [-0.4, -0.2) is 17.4 Å². The van der Waals surface area contributed by atoms with E-state index in [1.165, 1.54) is 6.92 Å². The smallest absolute Gasteiger partial charge is 0.383 e. The normalized spacial score (nSPS) is 24.9. The maximum Gasteiger partial charge on any atom is 0.414 e. The molecule has 0 saturated heterocycles. The van der Waals surface area contributed by atoms with Gasteiger partial charge >= 0.3 is 6.18 Å². The third-order valence-corrected chi connectivity index (χ3v) is 2.28. The van der Waals surface area contributed by atoms with Gasteiger partial charge in [-0.2, -0.15) is 13.2 Å². The van der Waals surface area contributed by atoms with Crippen LogP contribution in [-0.2, 0) is 0 Å². The van der Waals surface area contributed by atoms with Gasteiger partial charge in [0.25, 0.3) is 0 Å². The lowest BCUT2D eigenvalue weighted by Gasteiger charge is -2.44. The molecule has 1 unspecified atom stereocenters. The van der Waals surface area contributed by atoms with E-state index in [1.54, 1.807) is 0 Å². The third-order valence-electron chi connectivity index (χ3n) is 2.28. The van der Waals surface area contributed by atoms with Gasteiger partial charge in [-0.3, -0.25) is 0 Å². The number of rotatable bonds is 1. The van der Waals surface area contributed by atoms with Gasteiger partial charge in [0.1, 0.15) is 0 Å². The van der Waals surface area contributed by atoms with Crippen LogP contribution in [0.25, 0.3) is 0 Å². The first-order valence-electron chi connectivity index (χ1n) is 3.67. The molecule has 4 heteroatoms. The predicted octanol–water partition coefficient (Wildman–Crippen LogP) is 2.27. The zero-order valence-corrected chi connectivity index (χ0v) is 6.78. The summed E-state index contributed by atoms with van der Waals surface area (Å²) in [6, 6.07) is 0. The van der Waals surface area contributed by atoms with Crippen LogP contribution in [0, 0.1) is 5.41 Å². The summed E-state index contributed by atoms with van der Waals surface area (Å²) in [6.45, 7) is 4.97. The molecule has 12 heavy (non-hydrogen) atoms. The Morgan fingerprint density at radius 2 is 1.92 bits per heavy atom. The molecule has 0 aromatic heterocycles. The molecule has 1 rings (SSSR count). The number of hydrogen-bond donors (Lipinski definition) is 1. The molecule has 0 spiro atoms. The van der Waals surface area contributed by atoms with E-state index in [2.05, 4.69) is 6.58 Å². The van der Waals surface area contributed by atoms with Crippen molar-refractivity contribution in [2.75, 3.05) is 0 Å². The fraction of sp³-hybridized carbons (Fsp3) is 0.750. The fourth-order valence-electron chi connectivity index (χ4n) is 1.68. The summed E-state index contributed by atoms with van der Waals surface area (Å²) in [5, 5.41) is 8.92. The number of allylic oxidation sites excluding steroid dienone is 1. The van der Waals surface area contributed by atoms with E-state index >= 15 is 0 Å². The van der Waals surface area contributed by atoms with Crippen LogP contribution in [0.3, 0.4) is 0 Å². The van der Waals surface area contributed by atoms with Crippen LogP contribution < -0.4 is 0 Å². The monoisotopic (exact) mass is 180 g/mol. The van der Waals surface area contributed by atoms with Gasteiger partial charge in [0.05, 0.1) is 0 Å². The van der Waals surface area contributed by atoms with E-state index < -0.39 is 17.7 Å². The van der Waals surface area contributed by atoms with E-state index in [9.17, 15) is 13.2 Å². The van der Waals surface area contributed by atoms with Crippen molar-refractivity contribution in [3.63, 3.8) is 0 Å². The first-order chi connectivity index (χ1) is 5.26. The van der Waals surface area contributed by atoms with Gasteiger partial charge in [0.2, 0.25) is 0 Å². The number of hydrogen-bond acceptors (Lipinski definition) is 1. The quantitative estimate of drug-likeness (QED) is 0.613. The maximum atomic E-state index is 12.0. The molecule has 0 aromatic carbocycles. The summed E-state index contributed by atoms with van der Waals surface area (Å²) in [7, 11) is 0. The Balaban J connectivity index is 2.65. The average Bonchev–Trinajstić information content (AvgIpc) is 1.81. The second-order valence-corrected chi connectivity index (χ2v) is 3.70. The van der Waals surface area contributed by atoms with Gasteiger partial charge in [0, 0.05) is 5.41 Å². The minimum Gasteiger partial charge on any atom is -0.383 e.